The third-order valence-corrected chi connectivity index (χ3v) is 6.57. The molecule has 4 aliphatic rings. The average Bonchev–Trinajstić information content (AvgIpc) is 3.34. The first-order valence-electron chi connectivity index (χ1n) is 9.09. The Balaban J connectivity index is 1.58. The number of hydrogen-bond donors (Lipinski definition) is 2. The average molecular weight is 314 g/mol. The van der Waals surface area contributed by atoms with Gasteiger partial charge in [0.2, 0.25) is 0 Å². The number of likely N-dealkylation sites (tertiary alicyclic amines) is 1. The number of phenolic OH excluding ortho intramolecular Hbond substituents is 1. The largest absolute Gasteiger partial charge is 0.508 e. The minimum absolute atomic E-state index is 0.00864. The lowest BCUT2D eigenvalue weighted by Gasteiger charge is -2.59. The zero-order chi connectivity index (χ0) is 15.6. The standard InChI is InChI=1S/C19H26N2O2/c20-14-9-19-5-6-21(10-12-1-2-12)17(18(19)23-11-14)7-13-3-4-15(22)8-16(13)19/h3-4,8,12,14,17-18,22H,1-2,5-7,9-11,20H2/t14?,17-,18?,19-/m1/s1. The zero-order valence-electron chi connectivity index (χ0n) is 13.6. The van der Waals surface area contributed by atoms with Gasteiger partial charge in [-0.1, -0.05) is 6.07 Å². The van der Waals surface area contributed by atoms with Crippen LogP contribution in [0.25, 0.3) is 0 Å². The number of hydrogen-bond acceptors (Lipinski definition) is 4. The molecule has 2 saturated heterocycles. The van der Waals surface area contributed by atoms with E-state index in [4.69, 9.17) is 10.5 Å². The summed E-state index contributed by atoms with van der Waals surface area (Å²) in [6.45, 7) is 3.05. The highest BCUT2D eigenvalue weighted by Crippen LogP contribution is 2.52. The van der Waals surface area contributed by atoms with E-state index in [2.05, 4.69) is 11.0 Å². The Morgan fingerprint density at radius 1 is 1.35 bits per heavy atom. The van der Waals surface area contributed by atoms with Crippen molar-refractivity contribution < 1.29 is 9.84 Å². The lowest BCUT2D eigenvalue weighted by molar-refractivity contribution is -0.134. The number of nitrogens with two attached hydrogens (primary N) is 1. The number of nitrogens with zero attached hydrogens (tertiary/aromatic N) is 1. The van der Waals surface area contributed by atoms with Gasteiger partial charge in [0.1, 0.15) is 5.75 Å². The highest BCUT2D eigenvalue weighted by atomic mass is 16.5. The van der Waals surface area contributed by atoms with Crippen LogP contribution in [0, 0.1) is 5.92 Å². The molecule has 0 spiro atoms. The van der Waals surface area contributed by atoms with Crippen LogP contribution < -0.4 is 5.73 Å². The number of fused-ring (bicyclic) bond motifs is 1. The second kappa shape index (κ2) is 4.95. The smallest absolute Gasteiger partial charge is 0.115 e. The molecule has 1 saturated carbocycles. The van der Waals surface area contributed by atoms with Crippen molar-refractivity contribution in [3.63, 3.8) is 0 Å². The Morgan fingerprint density at radius 3 is 3.04 bits per heavy atom. The van der Waals surface area contributed by atoms with Crippen molar-refractivity contribution in [3.8, 4) is 5.75 Å². The Morgan fingerprint density at radius 2 is 2.22 bits per heavy atom. The second-order valence-electron chi connectivity index (χ2n) is 8.18. The maximum atomic E-state index is 10.0. The molecule has 2 aliphatic carbocycles. The van der Waals surface area contributed by atoms with Crippen molar-refractivity contribution in [3.05, 3.63) is 29.3 Å². The highest BCUT2D eigenvalue weighted by molar-refractivity contribution is 5.46. The molecule has 2 bridgehead atoms. The van der Waals surface area contributed by atoms with E-state index in [9.17, 15) is 5.11 Å². The van der Waals surface area contributed by atoms with E-state index >= 15 is 0 Å². The molecule has 124 valence electrons. The van der Waals surface area contributed by atoms with E-state index in [0.29, 0.717) is 18.4 Å². The summed E-state index contributed by atoms with van der Waals surface area (Å²) < 4.78 is 6.33. The monoisotopic (exact) mass is 314 g/mol. The molecule has 4 heteroatoms. The van der Waals surface area contributed by atoms with Gasteiger partial charge in [0, 0.05) is 24.0 Å². The minimum atomic E-state index is 0.00864. The molecular weight excluding hydrogens is 288 g/mol. The molecule has 2 aliphatic heterocycles. The summed E-state index contributed by atoms with van der Waals surface area (Å²) in [5.41, 5.74) is 9.00. The van der Waals surface area contributed by atoms with Crippen molar-refractivity contribution in [2.75, 3.05) is 19.7 Å². The Labute approximate surface area is 137 Å². The fourth-order valence-corrected chi connectivity index (χ4v) is 5.38. The summed E-state index contributed by atoms with van der Waals surface area (Å²) >= 11 is 0. The van der Waals surface area contributed by atoms with Crippen molar-refractivity contribution in [2.45, 2.75) is 55.7 Å². The predicted molar refractivity (Wildman–Crippen MR) is 88.5 cm³/mol. The Hall–Kier alpha value is -1.10. The lowest BCUT2D eigenvalue weighted by Crippen LogP contribution is -2.68. The van der Waals surface area contributed by atoms with E-state index in [1.54, 1.807) is 0 Å². The quantitative estimate of drug-likeness (QED) is 0.874. The van der Waals surface area contributed by atoms with E-state index < -0.39 is 0 Å². The first-order chi connectivity index (χ1) is 11.2. The third kappa shape index (κ3) is 2.15. The van der Waals surface area contributed by atoms with Crippen LogP contribution in [0.1, 0.15) is 36.8 Å². The third-order valence-electron chi connectivity index (χ3n) is 6.57. The molecule has 2 unspecified atom stereocenters. The molecule has 1 aromatic rings. The normalized spacial score (nSPS) is 39.6. The van der Waals surface area contributed by atoms with E-state index in [1.807, 2.05) is 12.1 Å². The van der Waals surface area contributed by atoms with Gasteiger partial charge in [-0.05, 0) is 67.8 Å². The molecule has 2 heterocycles. The molecule has 23 heavy (non-hydrogen) atoms. The van der Waals surface area contributed by atoms with Gasteiger partial charge >= 0.3 is 0 Å². The summed E-state index contributed by atoms with van der Waals surface area (Å²) in [6.07, 6.45) is 6.17. The molecule has 0 amide bonds. The molecule has 0 radical (unpaired) electrons. The Kier molecular flexibility index (Phi) is 3.07. The minimum Gasteiger partial charge on any atom is -0.508 e. The second-order valence-corrected chi connectivity index (χ2v) is 8.18. The highest BCUT2D eigenvalue weighted by Gasteiger charge is 2.56. The molecular formula is C19H26N2O2. The molecule has 4 atom stereocenters. The fourth-order valence-electron chi connectivity index (χ4n) is 5.38. The van der Waals surface area contributed by atoms with Gasteiger partial charge in [-0.2, -0.15) is 0 Å². The Bertz CT molecular complexity index is 630. The van der Waals surface area contributed by atoms with E-state index in [1.165, 1.54) is 30.5 Å². The number of phenols is 1. The van der Waals surface area contributed by atoms with Crippen LogP contribution in [0.15, 0.2) is 18.2 Å². The summed E-state index contributed by atoms with van der Waals surface area (Å²) in [6, 6.07) is 6.52. The number of rotatable bonds is 2. The molecule has 5 rings (SSSR count). The summed E-state index contributed by atoms with van der Waals surface area (Å²) in [4.78, 5) is 2.69. The first-order valence-corrected chi connectivity index (χ1v) is 9.09. The topological polar surface area (TPSA) is 58.7 Å². The van der Waals surface area contributed by atoms with Crippen LogP contribution in [-0.2, 0) is 16.6 Å². The van der Waals surface area contributed by atoms with Gasteiger partial charge in [0.25, 0.3) is 0 Å². The maximum absolute atomic E-state index is 10.0. The van der Waals surface area contributed by atoms with Crippen molar-refractivity contribution in [1.29, 1.82) is 0 Å². The SMILES string of the molecule is NC1COC2[C@H]3Cc4ccc(O)cc4[C@@]2(CCN3CC2CC2)C1. The van der Waals surface area contributed by atoms with Crippen LogP contribution in [0.5, 0.6) is 5.75 Å². The van der Waals surface area contributed by atoms with Gasteiger partial charge in [-0.3, -0.25) is 4.90 Å². The van der Waals surface area contributed by atoms with E-state index in [0.717, 1.165) is 31.7 Å². The van der Waals surface area contributed by atoms with Gasteiger partial charge in [0.05, 0.1) is 12.7 Å². The van der Waals surface area contributed by atoms with Crippen LogP contribution in [0.2, 0.25) is 0 Å². The van der Waals surface area contributed by atoms with Crippen LogP contribution in [0.3, 0.4) is 0 Å². The maximum Gasteiger partial charge on any atom is 0.115 e. The summed E-state index contributed by atoms with van der Waals surface area (Å²) in [5.74, 6) is 1.28. The van der Waals surface area contributed by atoms with Gasteiger partial charge in [-0.15, -0.1) is 0 Å². The predicted octanol–water partition coefficient (Wildman–Crippen LogP) is 1.79. The number of ether oxygens (including phenoxy) is 1. The first kappa shape index (κ1) is 14.3. The molecule has 1 aromatic carbocycles. The van der Waals surface area contributed by atoms with Crippen molar-refractivity contribution in [2.24, 2.45) is 11.7 Å². The fraction of sp³-hybridized carbons (Fsp3) is 0.684. The van der Waals surface area contributed by atoms with Crippen molar-refractivity contribution >= 4 is 0 Å². The summed E-state index contributed by atoms with van der Waals surface area (Å²) in [5, 5.41) is 10.0. The summed E-state index contributed by atoms with van der Waals surface area (Å²) in [7, 11) is 0. The lowest BCUT2D eigenvalue weighted by atomic mass is 9.58. The van der Waals surface area contributed by atoms with Crippen LogP contribution >= 0.6 is 0 Å². The number of piperidine rings is 1. The van der Waals surface area contributed by atoms with Crippen molar-refractivity contribution in [1.82, 2.24) is 4.90 Å². The number of aromatic hydroxyl groups is 1. The van der Waals surface area contributed by atoms with Gasteiger partial charge in [0.15, 0.2) is 0 Å². The molecule has 3 fully saturated rings. The molecule has 4 nitrogen and oxygen atoms in total. The van der Waals surface area contributed by atoms with Crippen LogP contribution in [0.4, 0.5) is 0 Å². The van der Waals surface area contributed by atoms with Gasteiger partial charge in [-0.25, -0.2) is 0 Å². The van der Waals surface area contributed by atoms with Crippen LogP contribution in [-0.4, -0.2) is 47.9 Å². The number of benzene rings is 1. The van der Waals surface area contributed by atoms with Gasteiger partial charge < -0.3 is 15.6 Å². The van der Waals surface area contributed by atoms with E-state index in [-0.39, 0.29) is 17.6 Å². The zero-order valence-corrected chi connectivity index (χ0v) is 13.6. The molecule has 0 aromatic heterocycles. The molecule has 3 N–H and O–H groups in total.